The molecule has 1 heterocycles. The quantitative estimate of drug-likeness (QED) is 0.938. The Morgan fingerprint density at radius 3 is 2.71 bits per heavy atom. The zero-order chi connectivity index (χ0) is 14.8. The Hall–Kier alpha value is -2.33. The van der Waals surface area contributed by atoms with E-state index in [9.17, 15) is 4.79 Å². The van der Waals surface area contributed by atoms with Crippen LogP contribution in [0.1, 0.15) is 11.1 Å². The van der Waals surface area contributed by atoms with Crippen LogP contribution in [0.25, 0.3) is 0 Å². The molecule has 0 aromatic heterocycles. The molecule has 1 unspecified atom stereocenters. The van der Waals surface area contributed by atoms with Crippen LogP contribution in [0.5, 0.6) is 5.75 Å². The van der Waals surface area contributed by atoms with Crippen LogP contribution in [0.15, 0.2) is 48.5 Å². The van der Waals surface area contributed by atoms with Crippen LogP contribution in [0.2, 0.25) is 0 Å². The molecule has 0 saturated heterocycles. The molecule has 1 amide bonds. The summed E-state index contributed by atoms with van der Waals surface area (Å²) < 4.78 is 5.76. The van der Waals surface area contributed by atoms with Crippen molar-refractivity contribution in [3.63, 3.8) is 0 Å². The molecule has 108 valence electrons. The zero-order valence-electron chi connectivity index (χ0n) is 12.0. The Morgan fingerprint density at radius 2 is 1.95 bits per heavy atom. The molecular formula is C17H18N2O2. The molecule has 0 radical (unpaired) electrons. The molecule has 0 aliphatic carbocycles. The third kappa shape index (κ3) is 2.50. The lowest BCUT2D eigenvalue weighted by Crippen LogP contribution is -2.39. The fourth-order valence-corrected chi connectivity index (χ4v) is 2.67. The molecule has 0 bridgehead atoms. The maximum atomic E-state index is 12.6. The van der Waals surface area contributed by atoms with Crippen molar-refractivity contribution in [2.45, 2.75) is 19.1 Å². The molecule has 2 aromatic carbocycles. The highest BCUT2D eigenvalue weighted by atomic mass is 16.5. The van der Waals surface area contributed by atoms with Gasteiger partial charge >= 0.3 is 0 Å². The van der Waals surface area contributed by atoms with Crippen LogP contribution in [-0.2, 0) is 17.8 Å². The van der Waals surface area contributed by atoms with Gasteiger partial charge in [0.25, 0.3) is 5.91 Å². The summed E-state index contributed by atoms with van der Waals surface area (Å²) in [5, 5.41) is 0. The van der Waals surface area contributed by atoms with Gasteiger partial charge in [-0.25, -0.2) is 0 Å². The maximum absolute atomic E-state index is 12.6. The molecule has 0 saturated carbocycles. The molecule has 0 spiro atoms. The summed E-state index contributed by atoms with van der Waals surface area (Å²) in [6.07, 6.45) is 0.155. The molecule has 1 aliphatic heterocycles. The van der Waals surface area contributed by atoms with Crippen LogP contribution in [0, 0.1) is 0 Å². The predicted molar refractivity (Wildman–Crippen MR) is 82.3 cm³/mol. The van der Waals surface area contributed by atoms with Crippen LogP contribution < -0.4 is 15.4 Å². The summed E-state index contributed by atoms with van der Waals surface area (Å²) in [5.41, 5.74) is 8.61. The van der Waals surface area contributed by atoms with E-state index >= 15 is 0 Å². The lowest BCUT2D eigenvalue weighted by atomic mass is 10.1. The number of carbonyl (C=O) groups is 1. The van der Waals surface area contributed by atoms with E-state index in [1.165, 1.54) is 0 Å². The second-order valence-electron chi connectivity index (χ2n) is 5.15. The number of hydrogen-bond donors (Lipinski definition) is 1. The van der Waals surface area contributed by atoms with E-state index in [0.717, 1.165) is 22.6 Å². The number of hydrogen-bond acceptors (Lipinski definition) is 3. The highest BCUT2D eigenvalue weighted by molar-refractivity contribution is 5.97. The molecule has 1 aliphatic rings. The fourth-order valence-electron chi connectivity index (χ4n) is 2.67. The third-order valence-corrected chi connectivity index (χ3v) is 3.83. The van der Waals surface area contributed by atoms with E-state index in [0.29, 0.717) is 13.0 Å². The van der Waals surface area contributed by atoms with Crippen LogP contribution in [-0.4, -0.2) is 19.1 Å². The van der Waals surface area contributed by atoms with E-state index < -0.39 is 6.10 Å². The first-order chi connectivity index (χ1) is 10.2. The summed E-state index contributed by atoms with van der Waals surface area (Å²) in [4.78, 5) is 14.3. The fraction of sp³-hybridized carbons (Fsp3) is 0.235. The standard InChI is InChI=1S/C17H18N2O2/c1-19(14-8-4-2-7-13(14)11-18)17(20)16-10-12-6-3-5-9-15(12)21-16/h2-9,16H,10-11,18H2,1H3. The minimum atomic E-state index is -0.460. The Bertz CT molecular complexity index is 644. The maximum Gasteiger partial charge on any atom is 0.268 e. The Labute approximate surface area is 124 Å². The smallest absolute Gasteiger partial charge is 0.268 e. The van der Waals surface area contributed by atoms with Crippen LogP contribution in [0.3, 0.4) is 0 Å². The Morgan fingerprint density at radius 1 is 1.24 bits per heavy atom. The van der Waals surface area contributed by atoms with Gasteiger partial charge in [-0.15, -0.1) is 0 Å². The number of para-hydroxylation sites is 2. The number of ether oxygens (including phenoxy) is 1. The van der Waals surface area contributed by atoms with Gasteiger partial charge in [0.15, 0.2) is 6.10 Å². The van der Waals surface area contributed by atoms with Gasteiger partial charge < -0.3 is 15.4 Å². The van der Waals surface area contributed by atoms with E-state index in [2.05, 4.69) is 0 Å². The van der Waals surface area contributed by atoms with E-state index in [1.54, 1.807) is 11.9 Å². The zero-order valence-corrected chi connectivity index (χ0v) is 12.0. The van der Waals surface area contributed by atoms with Crippen molar-refractivity contribution in [2.75, 3.05) is 11.9 Å². The number of anilines is 1. The Balaban J connectivity index is 1.80. The van der Waals surface area contributed by atoms with Crippen molar-refractivity contribution in [1.82, 2.24) is 0 Å². The number of carbonyl (C=O) groups excluding carboxylic acids is 1. The molecule has 21 heavy (non-hydrogen) atoms. The highest BCUT2D eigenvalue weighted by Gasteiger charge is 2.31. The van der Waals surface area contributed by atoms with Gasteiger partial charge in [0.05, 0.1) is 0 Å². The normalized spacial score (nSPS) is 16.2. The highest BCUT2D eigenvalue weighted by Crippen LogP contribution is 2.30. The van der Waals surface area contributed by atoms with Crippen molar-refractivity contribution in [3.8, 4) is 5.75 Å². The van der Waals surface area contributed by atoms with Crippen molar-refractivity contribution < 1.29 is 9.53 Å². The molecule has 0 fully saturated rings. The number of nitrogens with zero attached hydrogens (tertiary/aromatic N) is 1. The number of benzene rings is 2. The summed E-state index contributed by atoms with van der Waals surface area (Å²) in [5.74, 6) is 0.753. The number of nitrogens with two attached hydrogens (primary N) is 1. The second-order valence-corrected chi connectivity index (χ2v) is 5.15. The summed E-state index contributed by atoms with van der Waals surface area (Å²) in [6, 6.07) is 15.4. The number of fused-ring (bicyclic) bond motifs is 1. The van der Waals surface area contributed by atoms with Crippen molar-refractivity contribution in [1.29, 1.82) is 0 Å². The summed E-state index contributed by atoms with van der Waals surface area (Å²) in [7, 11) is 1.77. The van der Waals surface area contributed by atoms with Gasteiger partial charge in [-0.1, -0.05) is 36.4 Å². The topological polar surface area (TPSA) is 55.6 Å². The predicted octanol–water partition coefficient (Wildman–Crippen LogP) is 2.11. The van der Waals surface area contributed by atoms with Gasteiger partial charge in [0, 0.05) is 25.7 Å². The first kappa shape index (κ1) is 13.6. The lowest BCUT2D eigenvalue weighted by Gasteiger charge is -2.23. The third-order valence-electron chi connectivity index (χ3n) is 3.83. The second kappa shape index (κ2) is 5.58. The molecule has 4 heteroatoms. The molecular weight excluding hydrogens is 264 g/mol. The monoisotopic (exact) mass is 282 g/mol. The van der Waals surface area contributed by atoms with E-state index in [1.807, 2.05) is 48.5 Å². The molecule has 1 atom stereocenters. The van der Waals surface area contributed by atoms with Crippen molar-refractivity contribution in [3.05, 3.63) is 59.7 Å². The first-order valence-electron chi connectivity index (χ1n) is 7.01. The van der Waals surface area contributed by atoms with E-state index in [-0.39, 0.29) is 5.91 Å². The number of likely N-dealkylation sites (N-methyl/N-ethyl adjacent to an activating group) is 1. The van der Waals surface area contributed by atoms with Crippen molar-refractivity contribution in [2.24, 2.45) is 5.73 Å². The van der Waals surface area contributed by atoms with Gasteiger partial charge in [-0.3, -0.25) is 4.79 Å². The molecule has 4 nitrogen and oxygen atoms in total. The summed E-state index contributed by atoms with van der Waals surface area (Å²) in [6.45, 7) is 0.402. The lowest BCUT2D eigenvalue weighted by molar-refractivity contribution is -0.124. The van der Waals surface area contributed by atoms with Gasteiger partial charge in [0.2, 0.25) is 0 Å². The minimum absolute atomic E-state index is 0.0490. The van der Waals surface area contributed by atoms with Gasteiger partial charge in [-0.05, 0) is 23.3 Å². The number of rotatable bonds is 3. The molecule has 2 N–H and O–H groups in total. The number of amides is 1. The van der Waals surface area contributed by atoms with E-state index in [4.69, 9.17) is 10.5 Å². The van der Waals surface area contributed by atoms with Gasteiger partial charge in [0.1, 0.15) is 5.75 Å². The molecule has 2 aromatic rings. The first-order valence-corrected chi connectivity index (χ1v) is 7.01. The Kier molecular flexibility index (Phi) is 3.62. The van der Waals surface area contributed by atoms with Gasteiger partial charge in [-0.2, -0.15) is 0 Å². The average Bonchev–Trinajstić information content (AvgIpc) is 2.97. The minimum Gasteiger partial charge on any atom is -0.480 e. The summed E-state index contributed by atoms with van der Waals surface area (Å²) >= 11 is 0. The van der Waals surface area contributed by atoms with Crippen molar-refractivity contribution >= 4 is 11.6 Å². The SMILES string of the molecule is CN(C(=O)C1Cc2ccccc2O1)c1ccccc1CN. The van der Waals surface area contributed by atoms with Crippen LogP contribution >= 0.6 is 0 Å². The van der Waals surface area contributed by atoms with Crippen LogP contribution in [0.4, 0.5) is 5.69 Å². The average molecular weight is 282 g/mol. The largest absolute Gasteiger partial charge is 0.480 e. The molecule has 3 rings (SSSR count).